The van der Waals surface area contributed by atoms with E-state index in [4.69, 9.17) is 11.1 Å². The first-order valence-corrected chi connectivity index (χ1v) is 8.52. The average Bonchev–Trinajstić information content (AvgIpc) is 2.44. The summed E-state index contributed by atoms with van der Waals surface area (Å²) in [6, 6.07) is 10.9. The topological polar surface area (TPSA) is 49.9 Å². The maximum Gasteiger partial charge on any atom is 0.0911 e. The summed E-state index contributed by atoms with van der Waals surface area (Å²) in [7, 11) is 0. The minimum atomic E-state index is 0.361. The summed E-state index contributed by atoms with van der Waals surface area (Å²) in [5.74, 6) is 3.68. The SMILES string of the molecule is N=C(N)CC(c1ccccc1)C12CC3CC(CC(C3)C1)C2. The molecule has 0 heterocycles. The Morgan fingerprint density at radius 3 is 2.05 bits per heavy atom. The summed E-state index contributed by atoms with van der Waals surface area (Å²) in [5, 5.41) is 7.86. The predicted molar refractivity (Wildman–Crippen MR) is 86.3 cm³/mol. The van der Waals surface area contributed by atoms with Gasteiger partial charge in [-0.25, -0.2) is 0 Å². The van der Waals surface area contributed by atoms with Crippen molar-refractivity contribution < 1.29 is 0 Å². The largest absolute Gasteiger partial charge is 0.388 e. The van der Waals surface area contributed by atoms with Crippen molar-refractivity contribution >= 4 is 5.84 Å². The molecule has 21 heavy (non-hydrogen) atoms. The number of amidine groups is 1. The molecular formula is C19H26N2. The van der Waals surface area contributed by atoms with E-state index in [1.54, 1.807) is 0 Å². The molecule has 0 radical (unpaired) electrons. The molecule has 0 saturated heterocycles. The molecular weight excluding hydrogens is 256 g/mol. The minimum Gasteiger partial charge on any atom is -0.388 e. The second kappa shape index (κ2) is 4.86. The van der Waals surface area contributed by atoms with E-state index in [0.29, 0.717) is 17.2 Å². The molecule has 112 valence electrons. The lowest BCUT2D eigenvalue weighted by atomic mass is 9.45. The normalized spacial score (nSPS) is 38.4. The van der Waals surface area contributed by atoms with E-state index in [2.05, 4.69) is 30.3 Å². The molecule has 2 nitrogen and oxygen atoms in total. The monoisotopic (exact) mass is 282 g/mol. The van der Waals surface area contributed by atoms with Crippen molar-refractivity contribution in [1.29, 1.82) is 5.41 Å². The zero-order valence-corrected chi connectivity index (χ0v) is 12.7. The van der Waals surface area contributed by atoms with Crippen LogP contribution in [0, 0.1) is 28.6 Å². The Hall–Kier alpha value is -1.31. The lowest BCUT2D eigenvalue weighted by molar-refractivity contribution is -0.0676. The average molecular weight is 282 g/mol. The Balaban J connectivity index is 1.71. The highest BCUT2D eigenvalue weighted by Crippen LogP contribution is 2.65. The van der Waals surface area contributed by atoms with Crippen molar-refractivity contribution in [3.63, 3.8) is 0 Å². The highest BCUT2D eigenvalue weighted by Gasteiger charge is 2.54. The third kappa shape index (κ3) is 2.29. The van der Waals surface area contributed by atoms with Crippen LogP contribution < -0.4 is 5.73 Å². The Labute approximate surface area is 127 Å². The van der Waals surface area contributed by atoms with Crippen LogP contribution in [0.4, 0.5) is 0 Å². The van der Waals surface area contributed by atoms with Gasteiger partial charge in [0, 0.05) is 6.42 Å². The molecule has 1 aromatic rings. The second-order valence-electron chi connectivity index (χ2n) is 7.97. The maximum absolute atomic E-state index is 7.86. The molecule has 0 spiro atoms. The molecule has 4 bridgehead atoms. The van der Waals surface area contributed by atoms with Crippen molar-refractivity contribution in [2.75, 3.05) is 0 Å². The van der Waals surface area contributed by atoms with E-state index in [9.17, 15) is 0 Å². The minimum absolute atomic E-state index is 0.361. The Kier molecular flexibility index (Phi) is 3.09. The van der Waals surface area contributed by atoms with E-state index in [-0.39, 0.29) is 0 Å². The first-order valence-electron chi connectivity index (χ1n) is 8.52. The van der Waals surface area contributed by atoms with Crippen LogP contribution in [0.1, 0.15) is 56.4 Å². The summed E-state index contributed by atoms with van der Waals surface area (Å²) in [6.07, 6.45) is 9.31. The van der Waals surface area contributed by atoms with Crippen molar-refractivity contribution in [2.24, 2.45) is 28.9 Å². The predicted octanol–water partition coefficient (Wildman–Crippen LogP) is 4.31. The van der Waals surface area contributed by atoms with Crippen LogP contribution in [0.15, 0.2) is 30.3 Å². The molecule has 4 aliphatic rings. The number of nitrogens with one attached hydrogen (secondary N) is 1. The van der Waals surface area contributed by atoms with Crippen molar-refractivity contribution in [2.45, 2.75) is 50.9 Å². The first-order chi connectivity index (χ1) is 10.1. The summed E-state index contributed by atoms with van der Waals surface area (Å²) in [5.41, 5.74) is 7.68. The number of nitrogens with two attached hydrogens (primary N) is 1. The summed E-state index contributed by atoms with van der Waals surface area (Å²) < 4.78 is 0. The van der Waals surface area contributed by atoms with Crippen LogP contribution in [0.5, 0.6) is 0 Å². The number of benzene rings is 1. The van der Waals surface area contributed by atoms with Crippen LogP contribution in [-0.2, 0) is 0 Å². The first kappa shape index (κ1) is 13.4. The van der Waals surface area contributed by atoms with Gasteiger partial charge in [-0.3, -0.25) is 5.41 Å². The molecule has 0 amide bonds. The van der Waals surface area contributed by atoms with Gasteiger partial charge in [0.05, 0.1) is 5.84 Å². The van der Waals surface area contributed by atoms with E-state index >= 15 is 0 Å². The molecule has 1 atom stereocenters. The van der Waals surface area contributed by atoms with Crippen LogP contribution >= 0.6 is 0 Å². The molecule has 4 saturated carbocycles. The highest BCUT2D eigenvalue weighted by atomic mass is 14.7. The zero-order valence-electron chi connectivity index (χ0n) is 12.7. The molecule has 1 aromatic carbocycles. The van der Waals surface area contributed by atoms with Crippen molar-refractivity contribution in [3.8, 4) is 0 Å². The van der Waals surface area contributed by atoms with Gasteiger partial charge in [0.2, 0.25) is 0 Å². The van der Waals surface area contributed by atoms with Gasteiger partial charge < -0.3 is 5.73 Å². The van der Waals surface area contributed by atoms with Gasteiger partial charge in [-0.2, -0.15) is 0 Å². The van der Waals surface area contributed by atoms with Gasteiger partial charge in [-0.15, -0.1) is 0 Å². The molecule has 3 N–H and O–H groups in total. The van der Waals surface area contributed by atoms with Gasteiger partial charge in [-0.05, 0) is 73.2 Å². The molecule has 4 aliphatic carbocycles. The summed E-state index contributed by atoms with van der Waals surface area (Å²) in [4.78, 5) is 0. The standard InChI is InChI=1S/C19H26N2/c20-18(21)9-17(16-4-2-1-3-5-16)19-10-13-6-14(11-19)8-15(7-13)12-19/h1-5,13-15,17H,6-12H2,(H3,20,21). The van der Waals surface area contributed by atoms with E-state index in [1.807, 2.05) is 0 Å². The van der Waals surface area contributed by atoms with E-state index in [0.717, 1.165) is 24.2 Å². The number of rotatable bonds is 4. The number of hydrogen-bond donors (Lipinski definition) is 2. The number of hydrogen-bond acceptors (Lipinski definition) is 1. The second-order valence-corrected chi connectivity index (χ2v) is 7.97. The lowest BCUT2D eigenvalue weighted by Crippen LogP contribution is -2.49. The van der Waals surface area contributed by atoms with Gasteiger partial charge in [0.15, 0.2) is 0 Å². The lowest BCUT2D eigenvalue weighted by Gasteiger charge is -2.59. The maximum atomic E-state index is 7.86. The van der Waals surface area contributed by atoms with E-state index in [1.165, 1.54) is 44.1 Å². The fourth-order valence-electron chi connectivity index (χ4n) is 6.20. The summed E-state index contributed by atoms with van der Waals surface area (Å²) >= 11 is 0. The van der Waals surface area contributed by atoms with Gasteiger partial charge in [0.1, 0.15) is 0 Å². The van der Waals surface area contributed by atoms with Crippen LogP contribution in [0.2, 0.25) is 0 Å². The van der Waals surface area contributed by atoms with E-state index < -0.39 is 0 Å². The third-order valence-corrected chi connectivity index (χ3v) is 6.45. The quantitative estimate of drug-likeness (QED) is 0.627. The van der Waals surface area contributed by atoms with Gasteiger partial charge >= 0.3 is 0 Å². The smallest absolute Gasteiger partial charge is 0.0911 e. The Morgan fingerprint density at radius 1 is 1.05 bits per heavy atom. The van der Waals surface area contributed by atoms with Gasteiger partial charge in [0.25, 0.3) is 0 Å². The molecule has 4 fully saturated rings. The van der Waals surface area contributed by atoms with Crippen molar-refractivity contribution in [3.05, 3.63) is 35.9 Å². The molecule has 5 rings (SSSR count). The van der Waals surface area contributed by atoms with Crippen LogP contribution in [-0.4, -0.2) is 5.84 Å². The third-order valence-electron chi connectivity index (χ3n) is 6.45. The fourth-order valence-corrected chi connectivity index (χ4v) is 6.20. The van der Waals surface area contributed by atoms with Crippen LogP contribution in [0.3, 0.4) is 0 Å². The van der Waals surface area contributed by atoms with Gasteiger partial charge in [-0.1, -0.05) is 30.3 Å². The summed E-state index contributed by atoms with van der Waals surface area (Å²) in [6.45, 7) is 0. The molecule has 0 aromatic heterocycles. The molecule has 0 aliphatic heterocycles. The molecule has 2 heteroatoms. The zero-order chi connectivity index (χ0) is 14.4. The Morgan fingerprint density at radius 2 is 1.57 bits per heavy atom. The fraction of sp³-hybridized carbons (Fsp3) is 0.632. The highest BCUT2D eigenvalue weighted by molar-refractivity contribution is 5.78. The van der Waals surface area contributed by atoms with Crippen molar-refractivity contribution in [1.82, 2.24) is 0 Å². The Bertz CT molecular complexity index is 498. The van der Waals surface area contributed by atoms with Crippen LogP contribution in [0.25, 0.3) is 0 Å². The molecule has 1 unspecified atom stereocenters.